The number of hydrogen-bond donors (Lipinski definition) is 2. The van der Waals surface area contributed by atoms with Crippen LogP contribution in [0.2, 0.25) is 0 Å². The minimum absolute atomic E-state index is 0.0291. The Kier molecular flexibility index (Phi) is 4.17. The minimum Gasteiger partial charge on any atom is -0.334 e. The number of halogens is 4. The maximum absolute atomic E-state index is 11.7. The van der Waals surface area contributed by atoms with Crippen molar-refractivity contribution in [3.63, 3.8) is 0 Å². The fourth-order valence-corrected chi connectivity index (χ4v) is 1.45. The van der Waals surface area contributed by atoms with Gasteiger partial charge in [0.1, 0.15) is 0 Å². The summed E-state index contributed by atoms with van der Waals surface area (Å²) in [4.78, 5) is 10.8. The quantitative estimate of drug-likeness (QED) is 0.810. The zero-order valence-electron chi connectivity index (χ0n) is 7.94. The van der Waals surface area contributed by atoms with Crippen LogP contribution in [0.25, 0.3) is 0 Å². The first kappa shape index (κ1) is 12.8. The molecule has 0 atom stereocenters. The Morgan fingerprint density at radius 1 is 1.38 bits per heavy atom. The molecule has 0 aliphatic heterocycles. The highest BCUT2D eigenvalue weighted by atomic mass is 79.9. The van der Waals surface area contributed by atoms with Crippen LogP contribution in [0.3, 0.4) is 0 Å². The molecule has 0 bridgehead atoms. The number of hydrogen-bond acceptors (Lipinski definition) is 1. The van der Waals surface area contributed by atoms with Gasteiger partial charge in [0.05, 0.1) is 0 Å². The van der Waals surface area contributed by atoms with E-state index in [1.54, 1.807) is 24.3 Å². The van der Waals surface area contributed by atoms with E-state index in [1.807, 2.05) is 0 Å². The number of carbonyl (C=O) groups is 1. The van der Waals surface area contributed by atoms with Gasteiger partial charge >= 0.3 is 12.3 Å². The predicted molar refractivity (Wildman–Crippen MR) is 55.6 cm³/mol. The normalized spacial score (nSPS) is 11.0. The van der Waals surface area contributed by atoms with Crippen molar-refractivity contribution in [3.05, 3.63) is 34.3 Å². The Bertz CT molecular complexity index is 381. The van der Waals surface area contributed by atoms with Gasteiger partial charge < -0.3 is 5.32 Å². The van der Waals surface area contributed by atoms with E-state index in [0.717, 1.165) is 9.79 Å². The van der Waals surface area contributed by atoms with Crippen LogP contribution < -0.4 is 10.6 Å². The molecular formula is C9H8BrF3N2O. The lowest BCUT2D eigenvalue weighted by Crippen LogP contribution is -2.43. The molecule has 88 valence electrons. The average Bonchev–Trinajstić information content (AvgIpc) is 2.12. The largest absolute Gasteiger partial charge is 0.485 e. The fraction of sp³-hybridized carbons (Fsp3) is 0.222. The highest BCUT2D eigenvalue weighted by Gasteiger charge is 2.29. The van der Waals surface area contributed by atoms with Gasteiger partial charge in [0.2, 0.25) is 0 Å². The van der Waals surface area contributed by atoms with Gasteiger partial charge in [-0.2, -0.15) is 13.2 Å². The van der Waals surface area contributed by atoms with Crippen molar-refractivity contribution >= 4 is 22.0 Å². The molecule has 0 radical (unpaired) electrons. The molecular weight excluding hydrogens is 289 g/mol. The third-order valence-corrected chi connectivity index (χ3v) is 2.09. The molecule has 0 spiro atoms. The first-order valence-electron chi connectivity index (χ1n) is 4.24. The number of nitrogens with one attached hydrogen (secondary N) is 2. The molecule has 0 heterocycles. The van der Waals surface area contributed by atoms with E-state index < -0.39 is 12.3 Å². The first-order chi connectivity index (χ1) is 7.37. The van der Waals surface area contributed by atoms with E-state index in [-0.39, 0.29) is 6.54 Å². The number of alkyl halides is 3. The smallest absolute Gasteiger partial charge is 0.334 e. The van der Waals surface area contributed by atoms with E-state index >= 15 is 0 Å². The summed E-state index contributed by atoms with van der Waals surface area (Å²) in [6.45, 7) is 0.0291. The molecule has 1 rings (SSSR count). The summed E-state index contributed by atoms with van der Waals surface area (Å²) < 4.78 is 35.9. The zero-order chi connectivity index (χ0) is 12.2. The van der Waals surface area contributed by atoms with Gasteiger partial charge in [-0.15, -0.1) is 0 Å². The molecule has 16 heavy (non-hydrogen) atoms. The number of urea groups is 1. The standard InChI is InChI=1S/C9H8BrF3N2O/c10-7-3-1-2-6(4-7)5-14-8(16)15-9(11,12)13/h1-4H,5H2,(H2,14,15,16). The van der Waals surface area contributed by atoms with E-state index in [9.17, 15) is 18.0 Å². The summed E-state index contributed by atoms with van der Waals surface area (Å²) >= 11 is 3.21. The van der Waals surface area contributed by atoms with Crippen LogP contribution in [0.15, 0.2) is 28.7 Å². The Labute approximate surface area is 98.2 Å². The topological polar surface area (TPSA) is 41.1 Å². The summed E-state index contributed by atoms with van der Waals surface area (Å²) in [6.07, 6.45) is -4.71. The van der Waals surface area contributed by atoms with Crippen LogP contribution in [0.4, 0.5) is 18.0 Å². The highest BCUT2D eigenvalue weighted by Crippen LogP contribution is 2.11. The van der Waals surface area contributed by atoms with Gasteiger partial charge in [-0.3, -0.25) is 0 Å². The molecule has 1 aromatic carbocycles. The molecule has 0 unspecified atom stereocenters. The third-order valence-electron chi connectivity index (χ3n) is 1.60. The second-order valence-electron chi connectivity index (χ2n) is 2.94. The van der Waals surface area contributed by atoms with Gasteiger partial charge in [-0.25, -0.2) is 10.1 Å². The van der Waals surface area contributed by atoms with Crippen molar-refractivity contribution in [1.29, 1.82) is 0 Å². The molecule has 7 heteroatoms. The molecule has 1 aromatic rings. The van der Waals surface area contributed by atoms with E-state index in [2.05, 4.69) is 21.2 Å². The summed E-state index contributed by atoms with van der Waals surface area (Å²) in [7, 11) is 0. The lowest BCUT2D eigenvalue weighted by Gasteiger charge is -2.10. The lowest BCUT2D eigenvalue weighted by molar-refractivity contribution is -0.145. The van der Waals surface area contributed by atoms with Crippen LogP contribution in [-0.4, -0.2) is 12.3 Å². The molecule has 0 aromatic heterocycles. The number of rotatable bonds is 2. The molecule has 0 aliphatic rings. The van der Waals surface area contributed by atoms with Crippen molar-refractivity contribution in [1.82, 2.24) is 10.6 Å². The van der Waals surface area contributed by atoms with Gasteiger partial charge in [-0.05, 0) is 17.7 Å². The summed E-state index contributed by atoms with van der Waals surface area (Å²) in [5, 5.41) is 2.93. The second-order valence-corrected chi connectivity index (χ2v) is 3.85. The van der Waals surface area contributed by atoms with Gasteiger partial charge in [0, 0.05) is 11.0 Å². The first-order valence-corrected chi connectivity index (χ1v) is 5.03. The Balaban J connectivity index is 2.43. The highest BCUT2D eigenvalue weighted by molar-refractivity contribution is 9.10. The third kappa shape index (κ3) is 5.01. The number of benzene rings is 1. The monoisotopic (exact) mass is 296 g/mol. The van der Waals surface area contributed by atoms with Crippen LogP contribution in [0.5, 0.6) is 0 Å². The second kappa shape index (κ2) is 5.20. The van der Waals surface area contributed by atoms with Crippen LogP contribution in [0.1, 0.15) is 5.56 Å². The summed E-state index contributed by atoms with van der Waals surface area (Å²) in [5.41, 5.74) is 0.701. The molecule has 0 saturated heterocycles. The Hall–Kier alpha value is -1.24. The molecule has 0 saturated carbocycles. The maximum atomic E-state index is 11.7. The predicted octanol–water partition coefficient (Wildman–Crippen LogP) is 2.77. The molecule has 2 N–H and O–H groups in total. The summed E-state index contributed by atoms with van der Waals surface area (Å²) in [5.74, 6) is 0. The molecule has 3 nitrogen and oxygen atoms in total. The Morgan fingerprint density at radius 2 is 2.06 bits per heavy atom. The lowest BCUT2D eigenvalue weighted by atomic mass is 10.2. The number of amides is 2. The van der Waals surface area contributed by atoms with Crippen LogP contribution in [0, 0.1) is 0 Å². The van der Waals surface area contributed by atoms with Gasteiger partial charge in [0.25, 0.3) is 0 Å². The van der Waals surface area contributed by atoms with E-state index in [4.69, 9.17) is 0 Å². The van der Waals surface area contributed by atoms with Gasteiger partial charge in [-0.1, -0.05) is 28.1 Å². The van der Waals surface area contributed by atoms with Crippen molar-refractivity contribution in [2.24, 2.45) is 0 Å². The zero-order valence-corrected chi connectivity index (χ0v) is 9.52. The fourth-order valence-electron chi connectivity index (χ4n) is 1.00. The van der Waals surface area contributed by atoms with Crippen molar-refractivity contribution < 1.29 is 18.0 Å². The Morgan fingerprint density at radius 3 is 2.62 bits per heavy atom. The van der Waals surface area contributed by atoms with Crippen molar-refractivity contribution in [3.8, 4) is 0 Å². The number of carbonyl (C=O) groups excluding carboxylic acids is 1. The van der Waals surface area contributed by atoms with Crippen molar-refractivity contribution in [2.45, 2.75) is 12.8 Å². The SMILES string of the molecule is O=C(NCc1cccc(Br)c1)NC(F)(F)F. The summed E-state index contributed by atoms with van der Waals surface area (Å²) in [6, 6.07) is 5.63. The van der Waals surface area contributed by atoms with Crippen LogP contribution in [-0.2, 0) is 6.54 Å². The van der Waals surface area contributed by atoms with E-state index in [0.29, 0.717) is 5.56 Å². The van der Waals surface area contributed by atoms with E-state index in [1.165, 1.54) is 0 Å². The maximum Gasteiger partial charge on any atom is 0.485 e. The minimum atomic E-state index is -4.71. The molecule has 0 aliphatic carbocycles. The molecule has 0 fully saturated rings. The van der Waals surface area contributed by atoms with Gasteiger partial charge in [0.15, 0.2) is 0 Å². The molecule has 2 amide bonds. The van der Waals surface area contributed by atoms with Crippen molar-refractivity contribution in [2.75, 3.05) is 0 Å². The van der Waals surface area contributed by atoms with Crippen LogP contribution >= 0.6 is 15.9 Å². The average molecular weight is 297 g/mol.